The van der Waals surface area contributed by atoms with Crippen LogP contribution in [0.2, 0.25) is 12.6 Å². The summed E-state index contributed by atoms with van der Waals surface area (Å²) in [5, 5.41) is 0. The highest BCUT2D eigenvalue weighted by atomic mass is 79.9. The van der Waals surface area contributed by atoms with Crippen LogP contribution in [0.1, 0.15) is 12.0 Å². The fourth-order valence-electron chi connectivity index (χ4n) is 1.72. The molecule has 0 fully saturated rings. The molecule has 0 aliphatic heterocycles. The lowest BCUT2D eigenvalue weighted by Crippen LogP contribution is -2.35. The van der Waals surface area contributed by atoms with Crippen LogP contribution < -0.4 is 0 Å². The van der Waals surface area contributed by atoms with Gasteiger partial charge in [0.1, 0.15) is 0 Å². The molecule has 0 bridgehead atoms. The van der Waals surface area contributed by atoms with Crippen LogP contribution in [0.3, 0.4) is 0 Å². The Morgan fingerprint density at radius 1 is 1.16 bits per heavy atom. The van der Waals surface area contributed by atoms with Crippen molar-refractivity contribution in [2.45, 2.75) is 30.3 Å². The topological polar surface area (TPSA) is 52.6 Å². The highest BCUT2D eigenvalue weighted by Crippen LogP contribution is 2.19. The first kappa shape index (κ1) is 16.8. The maximum Gasteiger partial charge on any atom is 0.334 e. The van der Waals surface area contributed by atoms with Crippen molar-refractivity contribution in [1.29, 1.82) is 0 Å². The fourth-order valence-corrected chi connectivity index (χ4v) is 4.22. The third-order valence-corrected chi connectivity index (χ3v) is 8.11. The molecule has 7 heteroatoms. The second-order valence-corrected chi connectivity index (χ2v) is 12.0. The van der Waals surface area contributed by atoms with E-state index in [1.807, 2.05) is 18.7 Å². The molecule has 108 valence electrons. The largest absolute Gasteiger partial charge is 0.398 e. The van der Waals surface area contributed by atoms with E-state index in [9.17, 15) is 8.42 Å². The van der Waals surface area contributed by atoms with Crippen molar-refractivity contribution < 1.29 is 17.3 Å². The Bertz CT molecular complexity index is 497. The van der Waals surface area contributed by atoms with Gasteiger partial charge in [-0.25, -0.2) is 8.42 Å². The molecule has 1 aromatic carbocycles. The Morgan fingerprint density at radius 3 is 2.11 bits per heavy atom. The summed E-state index contributed by atoms with van der Waals surface area (Å²) in [5.74, 6) is 0. The van der Waals surface area contributed by atoms with E-state index in [0.29, 0.717) is 0 Å². The minimum absolute atomic E-state index is 0.282. The average Bonchev–Trinajstić information content (AvgIpc) is 2.38. The van der Waals surface area contributed by atoms with E-state index in [1.165, 1.54) is 0 Å². The molecule has 1 rings (SSSR count). The van der Waals surface area contributed by atoms with Crippen molar-refractivity contribution in [3.63, 3.8) is 0 Å². The first-order valence-electron chi connectivity index (χ1n) is 5.94. The second-order valence-electron chi connectivity index (χ2n) is 4.48. The summed E-state index contributed by atoms with van der Waals surface area (Å²) in [6, 6.07) is 7.82. The average molecular weight is 367 g/mol. The van der Waals surface area contributed by atoms with Gasteiger partial charge in [-0.05, 0) is 43.1 Å². The molecular weight excluding hydrogens is 348 g/mol. The van der Waals surface area contributed by atoms with Gasteiger partial charge in [-0.2, -0.15) is 0 Å². The van der Waals surface area contributed by atoms with Crippen molar-refractivity contribution in [3.8, 4) is 0 Å². The van der Waals surface area contributed by atoms with E-state index >= 15 is 0 Å². The van der Waals surface area contributed by atoms with Crippen molar-refractivity contribution in [3.05, 3.63) is 29.8 Å². The number of hydrogen-bond donors (Lipinski definition) is 0. The Kier molecular flexibility index (Phi) is 6.19. The SMILES string of the molecule is CO[Si](C)(CCCc1ccc(S(=O)(=O)Br)cc1)OC. The fraction of sp³-hybridized carbons (Fsp3) is 0.500. The molecule has 0 aliphatic rings. The summed E-state index contributed by atoms with van der Waals surface area (Å²) >= 11 is 2.65. The predicted molar refractivity (Wildman–Crippen MR) is 81.3 cm³/mol. The lowest BCUT2D eigenvalue weighted by atomic mass is 10.1. The van der Waals surface area contributed by atoms with E-state index < -0.39 is 16.8 Å². The molecule has 0 amide bonds. The molecule has 0 aromatic heterocycles. The summed E-state index contributed by atoms with van der Waals surface area (Å²) < 4.78 is 33.4. The van der Waals surface area contributed by atoms with Gasteiger partial charge in [0, 0.05) is 14.2 Å². The summed E-state index contributed by atoms with van der Waals surface area (Å²) in [5.41, 5.74) is 1.11. The van der Waals surface area contributed by atoms with Crippen LogP contribution >= 0.6 is 14.8 Å². The molecular formula is C12H19BrO4SSi. The highest BCUT2D eigenvalue weighted by Gasteiger charge is 2.27. The van der Waals surface area contributed by atoms with Crippen LogP contribution in [0.25, 0.3) is 0 Å². The van der Waals surface area contributed by atoms with Crippen LogP contribution in [0.4, 0.5) is 0 Å². The second kappa shape index (κ2) is 6.99. The molecule has 0 radical (unpaired) electrons. The van der Waals surface area contributed by atoms with E-state index in [1.54, 1.807) is 26.4 Å². The van der Waals surface area contributed by atoms with Crippen LogP contribution in [-0.4, -0.2) is 31.2 Å². The molecule has 0 heterocycles. The summed E-state index contributed by atoms with van der Waals surface area (Å²) in [4.78, 5) is 0.282. The normalized spacial score (nSPS) is 12.6. The van der Waals surface area contributed by atoms with Crippen molar-refractivity contribution in [1.82, 2.24) is 0 Å². The molecule has 0 spiro atoms. The molecule has 0 atom stereocenters. The molecule has 0 unspecified atom stereocenters. The summed E-state index contributed by atoms with van der Waals surface area (Å²) in [6.45, 7) is 2.04. The molecule has 1 aromatic rings. The molecule has 0 saturated carbocycles. The lowest BCUT2D eigenvalue weighted by Gasteiger charge is -2.22. The van der Waals surface area contributed by atoms with Gasteiger partial charge < -0.3 is 8.85 Å². The van der Waals surface area contributed by atoms with E-state index in [4.69, 9.17) is 8.85 Å². The van der Waals surface area contributed by atoms with Gasteiger partial charge in [-0.3, -0.25) is 0 Å². The molecule has 4 nitrogen and oxygen atoms in total. The maximum absolute atomic E-state index is 11.3. The number of rotatable bonds is 7. The zero-order valence-electron chi connectivity index (χ0n) is 11.3. The minimum Gasteiger partial charge on any atom is -0.398 e. The first-order chi connectivity index (χ1) is 8.80. The predicted octanol–water partition coefficient (Wildman–Crippen LogP) is 3.07. The lowest BCUT2D eigenvalue weighted by molar-refractivity contribution is 0.248. The third-order valence-electron chi connectivity index (χ3n) is 3.16. The van der Waals surface area contributed by atoms with Gasteiger partial charge in [0.05, 0.1) is 19.7 Å². The first-order valence-corrected chi connectivity index (χ1v) is 11.8. The molecule has 0 saturated heterocycles. The zero-order valence-corrected chi connectivity index (χ0v) is 14.8. The van der Waals surface area contributed by atoms with E-state index in [-0.39, 0.29) is 4.90 Å². The van der Waals surface area contributed by atoms with Crippen LogP contribution in [0, 0.1) is 0 Å². The Labute approximate surface area is 123 Å². The number of hydrogen-bond acceptors (Lipinski definition) is 4. The Balaban J connectivity index is 2.56. The third kappa shape index (κ3) is 5.35. The van der Waals surface area contributed by atoms with Gasteiger partial charge in [0.25, 0.3) is 0 Å². The Morgan fingerprint density at radius 2 is 1.68 bits per heavy atom. The van der Waals surface area contributed by atoms with E-state index in [2.05, 4.69) is 14.8 Å². The van der Waals surface area contributed by atoms with Crippen molar-refractivity contribution >= 4 is 31.6 Å². The van der Waals surface area contributed by atoms with Crippen LogP contribution in [-0.2, 0) is 23.5 Å². The number of halogens is 1. The molecule has 0 aliphatic carbocycles. The molecule has 0 N–H and O–H groups in total. The van der Waals surface area contributed by atoms with Crippen LogP contribution in [0.5, 0.6) is 0 Å². The van der Waals surface area contributed by atoms with Crippen LogP contribution in [0.15, 0.2) is 29.2 Å². The smallest absolute Gasteiger partial charge is 0.334 e. The number of benzene rings is 1. The van der Waals surface area contributed by atoms with E-state index in [0.717, 1.165) is 24.4 Å². The minimum atomic E-state index is -3.29. The van der Waals surface area contributed by atoms with Crippen molar-refractivity contribution in [2.75, 3.05) is 14.2 Å². The maximum atomic E-state index is 11.3. The quantitative estimate of drug-likeness (QED) is 0.549. The number of aryl methyl sites for hydroxylation is 1. The monoisotopic (exact) mass is 366 g/mol. The molecule has 19 heavy (non-hydrogen) atoms. The summed E-state index contributed by atoms with van der Waals surface area (Å²) in [6.07, 6.45) is 1.85. The van der Waals surface area contributed by atoms with Gasteiger partial charge in [0.2, 0.25) is 8.27 Å². The Hall–Kier alpha value is -0.213. The summed E-state index contributed by atoms with van der Waals surface area (Å²) in [7, 11) is -1.92. The van der Waals surface area contributed by atoms with Gasteiger partial charge >= 0.3 is 8.56 Å². The van der Waals surface area contributed by atoms with Gasteiger partial charge in [-0.15, -0.1) is 0 Å². The zero-order chi connectivity index (χ0) is 14.5. The highest BCUT2D eigenvalue weighted by molar-refractivity contribution is 9.47. The van der Waals surface area contributed by atoms with Gasteiger partial charge in [0.15, 0.2) is 0 Å². The standard InChI is InChI=1S/C12H19BrO4SSi/c1-16-19(3,17-2)10-4-5-11-6-8-12(9-7-11)18(13,14)15/h6-9H,4-5,10H2,1-3H3. The van der Waals surface area contributed by atoms with Gasteiger partial charge in [-0.1, -0.05) is 12.1 Å². The van der Waals surface area contributed by atoms with Crippen molar-refractivity contribution in [2.24, 2.45) is 0 Å².